The number of hydrogen-bond donors (Lipinski definition) is 0. The predicted molar refractivity (Wildman–Crippen MR) is 65.2 cm³/mol. The summed E-state index contributed by atoms with van der Waals surface area (Å²) in [6.07, 6.45) is 5.61. The van der Waals surface area contributed by atoms with E-state index >= 15 is 0 Å². The summed E-state index contributed by atoms with van der Waals surface area (Å²) in [5.41, 5.74) is 0.491. The summed E-state index contributed by atoms with van der Waals surface area (Å²) in [7, 11) is 1.83. The fourth-order valence-electron chi connectivity index (χ4n) is 2.20. The maximum Gasteiger partial charge on any atom is 0.0595 e. The van der Waals surface area contributed by atoms with Crippen molar-refractivity contribution in [1.29, 1.82) is 0 Å². The Bertz CT molecular complexity index is 166. The van der Waals surface area contributed by atoms with E-state index < -0.39 is 0 Å². The first-order valence-electron chi connectivity index (χ1n) is 6.26. The zero-order chi connectivity index (χ0) is 11.3. The van der Waals surface area contributed by atoms with Crippen molar-refractivity contribution in [1.82, 2.24) is 4.90 Å². The molecule has 1 fully saturated rings. The van der Waals surface area contributed by atoms with Crippen LogP contribution in [0.5, 0.6) is 0 Å². The summed E-state index contributed by atoms with van der Waals surface area (Å²) in [6, 6.07) is 0. The summed E-state index contributed by atoms with van der Waals surface area (Å²) in [5, 5.41) is 0. The molecule has 0 saturated carbocycles. The molecule has 2 heteroatoms. The third-order valence-corrected chi connectivity index (χ3v) is 3.27. The molecule has 0 bridgehead atoms. The van der Waals surface area contributed by atoms with Crippen molar-refractivity contribution in [2.75, 3.05) is 26.7 Å². The van der Waals surface area contributed by atoms with Crippen LogP contribution in [0.2, 0.25) is 0 Å². The third-order valence-electron chi connectivity index (χ3n) is 3.27. The molecule has 0 amide bonds. The van der Waals surface area contributed by atoms with E-state index in [1.807, 2.05) is 7.11 Å². The maximum atomic E-state index is 5.37. The van der Waals surface area contributed by atoms with Crippen LogP contribution in [0.25, 0.3) is 0 Å². The average Bonchev–Trinajstić information content (AvgIpc) is 2.17. The van der Waals surface area contributed by atoms with Gasteiger partial charge in [-0.05, 0) is 37.6 Å². The van der Waals surface area contributed by atoms with Crippen LogP contribution in [0, 0.1) is 5.41 Å². The number of ether oxygens (including phenoxy) is 1. The van der Waals surface area contributed by atoms with E-state index in [1.165, 1.54) is 45.3 Å². The number of likely N-dealkylation sites (tertiary alicyclic amines) is 1. The Morgan fingerprint density at radius 1 is 1.20 bits per heavy atom. The minimum absolute atomic E-state index is 0.491. The Balaban J connectivity index is 2.09. The Morgan fingerprint density at radius 3 is 2.27 bits per heavy atom. The first-order valence-corrected chi connectivity index (χ1v) is 6.26. The van der Waals surface area contributed by atoms with E-state index in [9.17, 15) is 0 Å². The van der Waals surface area contributed by atoms with Gasteiger partial charge in [0.05, 0.1) is 6.10 Å². The zero-order valence-electron chi connectivity index (χ0n) is 10.9. The average molecular weight is 213 g/mol. The quantitative estimate of drug-likeness (QED) is 0.712. The molecule has 0 atom stereocenters. The molecule has 1 saturated heterocycles. The second kappa shape index (κ2) is 5.86. The van der Waals surface area contributed by atoms with Gasteiger partial charge in [0.25, 0.3) is 0 Å². The van der Waals surface area contributed by atoms with Gasteiger partial charge >= 0.3 is 0 Å². The van der Waals surface area contributed by atoms with Gasteiger partial charge in [-0.1, -0.05) is 20.8 Å². The van der Waals surface area contributed by atoms with E-state index in [0.717, 1.165) is 0 Å². The van der Waals surface area contributed by atoms with E-state index in [-0.39, 0.29) is 0 Å². The lowest BCUT2D eigenvalue weighted by Crippen LogP contribution is -2.37. The minimum Gasteiger partial charge on any atom is -0.381 e. The minimum atomic E-state index is 0.491. The highest BCUT2D eigenvalue weighted by Crippen LogP contribution is 2.21. The molecule has 0 aromatic carbocycles. The lowest BCUT2D eigenvalue weighted by Gasteiger charge is -2.31. The number of methoxy groups -OCH3 is 1. The van der Waals surface area contributed by atoms with E-state index in [2.05, 4.69) is 25.7 Å². The molecule has 15 heavy (non-hydrogen) atoms. The van der Waals surface area contributed by atoms with Crippen molar-refractivity contribution in [3.63, 3.8) is 0 Å². The highest BCUT2D eigenvalue weighted by molar-refractivity contribution is 4.73. The van der Waals surface area contributed by atoms with Crippen molar-refractivity contribution < 1.29 is 4.74 Å². The molecule has 2 nitrogen and oxygen atoms in total. The first kappa shape index (κ1) is 13.0. The van der Waals surface area contributed by atoms with Gasteiger partial charge in [-0.3, -0.25) is 0 Å². The van der Waals surface area contributed by atoms with Gasteiger partial charge in [-0.15, -0.1) is 0 Å². The molecule has 1 rings (SSSR count). The second-order valence-corrected chi connectivity index (χ2v) is 5.94. The molecule has 1 heterocycles. The normalized spacial score (nSPS) is 20.8. The lowest BCUT2D eigenvalue weighted by atomic mass is 9.90. The summed E-state index contributed by atoms with van der Waals surface area (Å²) < 4.78 is 5.37. The molecule has 0 radical (unpaired) electrons. The molecule has 0 spiro atoms. The van der Waals surface area contributed by atoms with E-state index in [4.69, 9.17) is 4.74 Å². The van der Waals surface area contributed by atoms with Crippen LogP contribution >= 0.6 is 0 Å². The predicted octanol–water partition coefficient (Wildman–Crippen LogP) is 2.92. The van der Waals surface area contributed by atoms with Crippen molar-refractivity contribution in [2.24, 2.45) is 5.41 Å². The fraction of sp³-hybridized carbons (Fsp3) is 1.00. The van der Waals surface area contributed by atoms with Gasteiger partial charge in [0.2, 0.25) is 0 Å². The zero-order valence-corrected chi connectivity index (χ0v) is 10.9. The van der Waals surface area contributed by atoms with Crippen molar-refractivity contribution in [3.05, 3.63) is 0 Å². The highest BCUT2D eigenvalue weighted by atomic mass is 16.5. The van der Waals surface area contributed by atoms with Crippen LogP contribution in [0.3, 0.4) is 0 Å². The van der Waals surface area contributed by atoms with Crippen LogP contribution in [-0.4, -0.2) is 37.7 Å². The summed E-state index contributed by atoms with van der Waals surface area (Å²) in [4.78, 5) is 2.58. The Kier molecular flexibility index (Phi) is 5.07. The summed E-state index contributed by atoms with van der Waals surface area (Å²) >= 11 is 0. The third kappa shape index (κ3) is 5.53. The van der Waals surface area contributed by atoms with Crippen LogP contribution in [0.4, 0.5) is 0 Å². The molecule has 0 aromatic rings. The molecule has 0 aromatic heterocycles. The first-order chi connectivity index (χ1) is 7.01. The SMILES string of the molecule is COC1CCN(CCCC(C)(C)C)CC1. The molecule has 0 N–H and O–H groups in total. The Hall–Kier alpha value is -0.0800. The van der Waals surface area contributed by atoms with Gasteiger partial charge in [0.15, 0.2) is 0 Å². The van der Waals surface area contributed by atoms with Crippen molar-refractivity contribution in [3.8, 4) is 0 Å². The number of rotatable bonds is 4. The monoisotopic (exact) mass is 213 g/mol. The van der Waals surface area contributed by atoms with Crippen LogP contribution in [-0.2, 0) is 4.74 Å². The van der Waals surface area contributed by atoms with Crippen LogP contribution in [0.1, 0.15) is 46.5 Å². The molecule has 1 aliphatic rings. The van der Waals surface area contributed by atoms with Gasteiger partial charge in [0.1, 0.15) is 0 Å². The lowest BCUT2D eigenvalue weighted by molar-refractivity contribution is 0.0400. The van der Waals surface area contributed by atoms with Gasteiger partial charge in [0, 0.05) is 20.2 Å². The summed E-state index contributed by atoms with van der Waals surface area (Å²) in [6.45, 7) is 10.7. The smallest absolute Gasteiger partial charge is 0.0595 e. The van der Waals surface area contributed by atoms with Crippen LogP contribution in [0.15, 0.2) is 0 Å². The standard InChI is InChI=1S/C13H27NO/c1-13(2,3)8-5-9-14-10-6-12(15-4)7-11-14/h12H,5-11H2,1-4H3. The van der Waals surface area contributed by atoms with Gasteiger partial charge < -0.3 is 9.64 Å². The van der Waals surface area contributed by atoms with Gasteiger partial charge in [-0.25, -0.2) is 0 Å². The van der Waals surface area contributed by atoms with Crippen molar-refractivity contribution >= 4 is 0 Å². The summed E-state index contributed by atoms with van der Waals surface area (Å²) in [5.74, 6) is 0. The number of hydrogen-bond acceptors (Lipinski definition) is 2. The Labute approximate surface area is 95.0 Å². The Morgan fingerprint density at radius 2 is 1.80 bits per heavy atom. The van der Waals surface area contributed by atoms with Gasteiger partial charge in [-0.2, -0.15) is 0 Å². The van der Waals surface area contributed by atoms with Crippen molar-refractivity contribution in [2.45, 2.75) is 52.6 Å². The molecule has 1 aliphatic heterocycles. The van der Waals surface area contributed by atoms with Crippen LogP contribution < -0.4 is 0 Å². The molecular weight excluding hydrogens is 186 g/mol. The van der Waals surface area contributed by atoms with E-state index in [0.29, 0.717) is 11.5 Å². The molecule has 90 valence electrons. The number of piperidine rings is 1. The van der Waals surface area contributed by atoms with E-state index in [1.54, 1.807) is 0 Å². The molecular formula is C13H27NO. The number of nitrogens with zero attached hydrogens (tertiary/aromatic N) is 1. The second-order valence-electron chi connectivity index (χ2n) is 5.94. The largest absolute Gasteiger partial charge is 0.381 e. The highest BCUT2D eigenvalue weighted by Gasteiger charge is 2.18. The fourth-order valence-corrected chi connectivity index (χ4v) is 2.20. The topological polar surface area (TPSA) is 12.5 Å². The maximum absolute atomic E-state index is 5.37. The molecule has 0 aliphatic carbocycles. The molecule has 0 unspecified atom stereocenters.